The van der Waals surface area contributed by atoms with Crippen molar-refractivity contribution in [3.05, 3.63) is 17.5 Å². The number of amides is 1. The van der Waals surface area contributed by atoms with E-state index in [1.54, 1.807) is 18.4 Å². The van der Waals surface area contributed by atoms with E-state index >= 15 is 0 Å². The summed E-state index contributed by atoms with van der Waals surface area (Å²) in [4.78, 5) is 14.2. The molecule has 2 heterocycles. The second kappa shape index (κ2) is 6.69. The van der Waals surface area contributed by atoms with Gasteiger partial charge in [0.25, 0.3) is 15.9 Å². The Morgan fingerprint density at radius 3 is 2.50 bits per heavy atom. The zero-order valence-electron chi connectivity index (χ0n) is 11.5. The number of carbonyl (C=O) groups is 1. The van der Waals surface area contributed by atoms with Crippen LogP contribution in [-0.4, -0.2) is 38.4 Å². The molecule has 0 radical (unpaired) electrons. The highest BCUT2D eigenvalue weighted by Crippen LogP contribution is 2.16. The van der Waals surface area contributed by atoms with Crippen LogP contribution in [0.15, 0.2) is 21.7 Å². The molecule has 0 aliphatic carbocycles. The minimum Gasteiger partial charge on any atom is -0.292 e. The highest BCUT2D eigenvalue weighted by atomic mass is 32.2. The number of sulfonamides is 1. The van der Waals surface area contributed by atoms with Crippen molar-refractivity contribution in [1.29, 1.82) is 0 Å². The van der Waals surface area contributed by atoms with Gasteiger partial charge in [0.2, 0.25) is 0 Å². The van der Waals surface area contributed by atoms with Crippen LogP contribution in [0.1, 0.15) is 32.6 Å². The zero-order valence-corrected chi connectivity index (χ0v) is 13.2. The van der Waals surface area contributed by atoms with Gasteiger partial charge in [0.05, 0.1) is 6.04 Å². The molecule has 1 saturated heterocycles. The van der Waals surface area contributed by atoms with Crippen LogP contribution in [0.4, 0.5) is 0 Å². The van der Waals surface area contributed by atoms with E-state index in [-0.39, 0.29) is 4.21 Å². The van der Waals surface area contributed by atoms with Gasteiger partial charge in [0, 0.05) is 0 Å². The van der Waals surface area contributed by atoms with Crippen LogP contribution < -0.4 is 4.72 Å². The molecular weight excluding hydrogens is 296 g/mol. The molecule has 1 aliphatic rings. The molecule has 1 aromatic rings. The smallest absolute Gasteiger partial charge is 0.273 e. The number of rotatable bonds is 4. The molecule has 0 unspecified atom stereocenters. The lowest BCUT2D eigenvalue weighted by Gasteiger charge is -2.26. The van der Waals surface area contributed by atoms with Gasteiger partial charge in [-0.05, 0) is 44.3 Å². The van der Waals surface area contributed by atoms with Gasteiger partial charge in [-0.3, -0.25) is 9.69 Å². The standard InChI is InChI=1S/C13H20N2O3S2/c1-11(15-8-4-2-3-5-9-15)13(16)14-20(17,18)12-7-6-10-19-12/h6-7,10-11H,2-5,8-9H2,1H3,(H,14,16)/t11-/m1/s1. The Hall–Kier alpha value is -0.920. The van der Waals surface area contributed by atoms with Gasteiger partial charge in [-0.25, -0.2) is 13.1 Å². The molecular formula is C13H20N2O3S2. The van der Waals surface area contributed by atoms with E-state index in [1.165, 1.54) is 18.9 Å². The summed E-state index contributed by atoms with van der Waals surface area (Å²) in [6, 6.07) is 2.74. The van der Waals surface area contributed by atoms with Crippen LogP contribution in [0.5, 0.6) is 0 Å². The number of carbonyl (C=O) groups excluding carboxylic acids is 1. The molecule has 112 valence electrons. The monoisotopic (exact) mass is 316 g/mol. The Bertz CT molecular complexity index is 532. The van der Waals surface area contributed by atoms with E-state index in [2.05, 4.69) is 9.62 Å². The van der Waals surface area contributed by atoms with Crippen LogP contribution in [-0.2, 0) is 14.8 Å². The zero-order chi connectivity index (χ0) is 14.6. The summed E-state index contributed by atoms with van der Waals surface area (Å²) in [5.41, 5.74) is 0. The van der Waals surface area contributed by atoms with Crippen LogP contribution in [0.25, 0.3) is 0 Å². The second-order valence-electron chi connectivity index (χ2n) is 5.03. The van der Waals surface area contributed by atoms with Crippen molar-refractivity contribution in [2.24, 2.45) is 0 Å². The topological polar surface area (TPSA) is 66.5 Å². The third-order valence-electron chi connectivity index (χ3n) is 3.56. The van der Waals surface area contributed by atoms with E-state index in [4.69, 9.17) is 0 Å². The molecule has 20 heavy (non-hydrogen) atoms. The van der Waals surface area contributed by atoms with Gasteiger partial charge in [-0.15, -0.1) is 11.3 Å². The third-order valence-corrected chi connectivity index (χ3v) is 6.31. The van der Waals surface area contributed by atoms with Gasteiger partial charge in [0.15, 0.2) is 0 Å². The van der Waals surface area contributed by atoms with E-state index in [0.29, 0.717) is 0 Å². The average Bonchev–Trinajstić information content (AvgIpc) is 2.82. The van der Waals surface area contributed by atoms with Crippen molar-refractivity contribution < 1.29 is 13.2 Å². The Balaban J connectivity index is 2.00. The second-order valence-corrected chi connectivity index (χ2v) is 7.88. The summed E-state index contributed by atoms with van der Waals surface area (Å²) in [5.74, 6) is -0.444. The first kappa shape index (κ1) is 15.5. The molecule has 1 amide bonds. The molecule has 0 spiro atoms. The SMILES string of the molecule is C[C@H](C(=O)NS(=O)(=O)c1cccs1)N1CCCCCC1. The Kier molecular flexibility index (Phi) is 5.17. The fraction of sp³-hybridized carbons (Fsp3) is 0.615. The summed E-state index contributed by atoms with van der Waals surface area (Å²) < 4.78 is 26.4. The molecule has 7 heteroatoms. The number of nitrogens with zero attached hydrogens (tertiary/aromatic N) is 1. The van der Waals surface area contributed by atoms with Crippen molar-refractivity contribution in [3.8, 4) is 0 Å². The molecule has 1 aliphatic heterocycles. The molecule has 0 saturated carbocycles. The summed E-state index contributed by atoms with van der Waals surface area (Å²) in [5, 5.41) is 1.68. The van der Waals surface area contributed by atoms with Crippen molar-refractivity contribution in [3.63, 3.8) is 0 Å². The quantitative estimate of drug-likeness (QED) is 0.920. The van der Waals surface area contributed by atoms with Gasteiger partial charge in [-0.2, -0.15) is 0 Å². The minimum atomic E-state index is -3.72. The van der Waals surface area contributed by atoms with Crippen LogP contribution in [0, 0.1) is 0 Å². The Morgan fingerprint density at radius 2 is 1.95 bits per heavy atom. The number of hydrogen-bond donors (Lipinski definition) is 1. The predicted octanol–water partition coefficient (Wildman–Crippen LogP) is 1.82. The largest absolute Gasteiger partial charge is 0.292 e. The fourth-order valence-electron chi connectivity index (χ4n) is 2.33. The number of thiophene rings is 1. The summed E-state index contributed by atoms with van der Waals surface area (Å²) in [6.07, 6.45) is 4.49. The van der Waals surface area contributed by atoms with Crippen molar-refractivity contribution in [1.82, 2.24) is 9.62 Å². The Labute approximate surface area is 124 Å². The van der Waals surface area contributed by atoms with Crippen LogP contribution in [0.2, 0.25) is 0 Å². The molecule has 1 fully saturated rings. The first-order valence-electron chi connectivity index (χ1n) is 6.85. The molecule has 1 aromatic heterocycles. The molecule has 5 nitrogen and oxygen atoms in total. The van der Waals surface area contributed by atoms with Crippen LogP contribution >= 0.6 is 11.3 Å². The van der Waals surface area contributed by atoms with Crippen molar-refractivity contribution in [2.45, 2.75) is 42.9 Å². The van der Waals surface area contributed by atoms with E-state index in [0.717, 1.165) is 37.3 Å². The molecule has 0 bridgehead atoms. The number of hydrogen-bond acceptors (Lipinski definition) is 5. The number of likely N-dealkylation sites (tertiary alicyclic amines) is 1. The minimum absolute atomic E-state index is 0.175. The van der Waals surface area contributed by atoms with Crippen LogP contribution in [0.3, 0.4) is 0 Å². The maximum Gasteiger partial charge on any atom is 0.273 e. The summed E-state index contributed by atoms with van der Waals surface area (Å²) in [6.45, 7) is 3.48. The van der Waals surface area contributed by atoms with Gasteiger partial charge in [0.1, 0.15) is 4.21 Å². The van der Waals surface area contributed by atoms with Crippen molar-refractivity contribution in [2.75, 3.05) is 13.1 Å². The van der Waals surface area contributed by atoms with E-state index < -0.39 is 22.0 Å². The van der Waals surface area contributed by atoms with Gasteiger partial charge >= 0.3 is 0 Å². The molecule has 1 atom stereocenters. The maximum absolute atomic E-state index is 12.1. The lowest BCUT2D eigenvalue weighted by Crippen LogP contribution is -2.47. The normalized spacial score (nSPS) is 19.2. The average molecular weight is 316 g/mol. The lowest BCUT2D eigenvalue weighted by atomic mass is 10.2. The first-order valence-corrected chi connectivity index (χ1v) is 9.21. The molecule has 2 rings (SSSR count). The fourth-order valence-corrected chi connectivity index (χ4v) is 4.37. The van der Waals surface area contributed by atoms with E-state index in [1.807, 2.05) is 0 Å². The number of nitrogens with one attached hydrogen (secondary N) is 1. The third kappa shape index (κ3) is 3.80. The molecule has 0 aromatic carbocycles. The highest BCUT2D eigenvalue weighted by molar-refractivity contribution is 7.92. The van der Waals surface area contributed by atoms with E-state index in [9.17, 15) is 13.2 Å². The summed E-state index contributed by atoms with van der Waals surface area (Å²) in [7, 11) is -3.72. The first-order chi connectivity index (χ1) is 9.50. The van der Waals surface area contributed by atoms with Gasteiger partial charge < -0.3 is 0 Å². The predicted molar refractivity (Wildman–Crippen MR) is 79.2 cm³/mol. The highest BCUT2D eigenvalue weighted by Gasteiger charge is 2.26. The lowest BCUT2D eigenvalue weighted by molar-refractivity contribution is -0.124. The Morgan fingerprint density at radius 1 is 1.30 bits per heavy atom. The van der Waals surface area contributed by atoms with Gasteiger partial charge in [-0.1, -0.05) is 18.9 Å². The van der Waals surface area contributed by atoms with Crippen molar-refractivity contribution >= 4 is 27.3 Å². The molecule has 1 N–H and O–H groups in total. The summed E-state index contributed by atoms with van der Waals surface area (Å²) >= 11 is 1.11. The maximum atomic E-state index is 12.1.